The van der Waals surface area contributed by atoms with Crippen molar-refractivity contribution in [1.29, 1.82) is 0 Å². The van der Waals surface area contributed by atoms with Gasteiger partial charge in [-0.25, -0.2) is 0 Å². The number of aliphatic hydroxyl groups excluding tert-OH is 1. The van der Waals surface area contributed by atoms with Crippen molar-refractivity contribution >= 4 is 17.7 Å². The monoisotopic (exact) mass is 309 g/mol. The van der Waals surface area contributed by atoms with Crippen LogP contribution in [-0.2, 0) is 9.53 Å². The van der Waals surface area contributed by atoms with Crippen molar-refractivity contribution in [3.63, 3.8) is 0 Å². The lowest BCUT2D eigenvalue weighted by molar-refractivity contribution is -0.147. The smallest absolute Gasteiger partial charge is 0.222 e. The molecule has 5 heteroatoms. The highest BCUT2D eigenvalue weighted by Crippen LogP contribution is 2.19. The molecule has 0 saturated carbocycles. The Morgan fingerprint density at radius 1 is 1.38 bits per heavy atom. The zero-order valence-electron chi connectivity index (χ0n) is 12.4. The van der Waals surface area contributed by atoms with Crippen LogP contribution >= 0.6 is 11.8 Å². The molecule has 1 heterocycles. The number of hydrogen-bond donors (Lipinski definition) is 1. The summed E-state index contributed by atoms with van der Waals surface area (Å²) in [6, 6.07) is 10.2. The van der Waals surface area contributed by atoms with E-state index in [1.54, 1.807) is 11.8 Å². The van der Waals surface area contributed by atoms with Crippen LogP contribution in [0.15, 0.2) is 35.2 Å². The SMILES string of the molecule is CC1CN(C(=O)CCCSc2ccccc2)CC(CO)O1. The lowest BCUT2D eigenvalue weighted by Gasteiger charge is -2.36. The number of aliphatic hydroxyl groups is 1. The molecule has 2 rings (SSSR count). The summed E-state index contributed by atoms with van der Waals surface area (Å²) >= 11 is 1.78. The van der Waals surface area contributed by atoms with Gasteiger partial charge in [0.25, 0.3) is 0 Å². The van der Waals surface area contributed by atoms with Gasteiger partial charge < -0.3 is 14.7 Å². The van der Waals surface area contributed by atoms with Crippen molar-refractivity contribution in [2.24, 2.45) is 0 Å². The van der Waals surface area contributed by atoms with Crippen LogP contribution in [0, 0.1) is 0 Å². The first-order valence-corrected chi connectivity index (χ1v) is 8.39. The van der Waals surface area contributed by atoms with Gasteiger partial charge in [-0.2, -0.15) is 0 Å². The van der Waals surface area contributed by atoms with Crippen LogP contribution in [0.25, 0.3) is 0 Å². The Morgan fingerprint density at radius 3 is 2.86 bits per heavy atom. The zero-order chi connectivity index (χ0) is 15.1. The van der Waals surface area contributed by atoms with Crippen molar-refractivity contribution in [3.05, 3.63) is 30.3 Å². The summed E-state index contributed by atoms with van der Waals surface area (Å²) in [4.78, 5) is 15.3. The fourth-order valence-electron chi connectivity index (χ4n) is 2.44. The minimum absolute atomic E-state index is 0.00135. The van der Waals surface area contributed by atoms with Gasteiger partial charge >= 0.3 is 0 Å². The van der Waals surface area contributed by atoms with Crippen LogP contribution < -0.4 is 0 Å². The Morgan fingerprint density at radius 2 is 2.14 bits per heavy atom. The maximum atomic E-state index is 12.2. The Bertz CT molecular complexity index is 440. The number of morpholine rings is 1. The fourth-order valence-corrected chi connectivity index (χ4v) is 3.31. The number of benzene rings is 1. The second kappa shape index (κ2) is 8.41. The van der Waals surface area contributed by atoms with E-state index in [9.17, 15) is 9.90 Å². The summed E-state index contributed by atoms with van der Waals surface area (Å²) in [6.45, 7) is 3.04. The molecule has 0 bridgehead atoms. The van der Waals surface area contributed by atoms with E-state index in [1.807, 2.05) is 30.0 Å². The molecule has 1 saturated heterocycles. The van der Waals surface area contributed by atoms with E-state index in [0.29, 0.717) is 19.5 Å². The summed E-state index contributed by atoms with van der Waals surface area (Å²) in [6.07, 6.45) is 1.19. The highest BCUT2D eigenvalue weighted by molar-refractivity contribution is 7.99. The molecule has 1 fully saturated rings. The maximum absolute atomic E-state index is 12.2. The minimum atomic E-state index is -0.239. The largest absolute Gasteiger partial charge is 0.394 e. The highest BCUT2D eigenvalue weighted by atomic mass is 32.2. The van der Waals surface area contributed by atoms with E-state index in [-0.39, 0.29) is 24.7 Å². The first-order valence-electron chi connectivity index (χ1n) is 7.41. The van der Waals surface area contributed by atoms with Gasteiger partial charge in [0.05, 0.1) is 18.8 Å². The lowest BCUT2D eigenvalue weighted by atomic mass is 10.2. The molecule has 1 aromatic carbocycles. The van der Waals surface area contributed by atoms with Crippen LogP contribution in [0.5, 0.6) is 0 Å². The number of rotatable bonds is 6. The molecule has 1 aromatic rings. The molecule has 116 valence electrons. The molecule has 2 atom stereocenters. The third kappa shape index (κ3) is 5.34. The number of amides is 1. The van der Waals surface area contributed by atoms with Crippen LogP contribution in [-0.4, -0.2) is 53.6 Å². The average Bonchev–Trinajstić information content (AvgIpc) is 2.51. The van der Waals surface area contributed by atoms with Gasteiger partial charge in [0.1, 0.15) is 0 Å². The fraction of sp³-hybridized carbons (Fsp3) is 0.562. The number of hydrogen-bond acceptors (Lipinski definition) is 4. The van der Waals surface area contributed by atoms with Gasteiger partial charge in [0, 0.05) is 24.4 Å². The second-order valence-electron chi connectivity index (χ2n) is 5.32. The highest BCUT2D eigenvalue weighted by Gasteiger charge is 2.27. The summed E-state index contributed by atoms with van der Waals surface area (Å²) in [5, 5.41) is 9.18. The van der Waals surface area contributed by atoms with Crippen molar-refractivity contribution < 1.29 is 14.6 Å². The summed E-state index contributed by atoms with van der Waals surface area (Å²) in [5.74, 6) is 1.11. The van der Waals surface area contributed by atoms with E-state index < -0.39 is 0 Å². The molecular weight excluding hydrogens is 286 g/mol. The summed E-state index contributed by atoms with van der Waals surface area (Å²) in [7, 11) is 0. The number of ether oxygens (including phenoxy) is 1. The standard InChI is InChI=1S/C16H23NO3S/c1-13-10-17(11-14(12-18)20-13)16(19)8-5-9-21-15-6-3-2-4-7-15/h2-4,6-7,13-14,18H,5,8-12H2,1H3. The van der Waals surface area contributed by atoms with Crippen molar-refractivity contribution in [3.8, 4) is 0 Å². The third-order valence-corrected chi connectivity index (χ3v) is 4.53. The van der Waals surface area contributed by atoms with Crippen molar-refractivity contribution in [2.45, 2.75) is 36.9 Å². The molecule has 0 aromatic heterocycles. The minimum Gasteiger partial charge on any atom is -0.394 e. The van der Waals surface area contributed by atoms with Crippen LogP contribution in [0.3, 0.4) is 0 Å². The summed E-state index contributed by atoms with van der Waals surface area (Å²) in [5.41, 5.74) is 0. The number of carbonyl (C=O) groups is 1. The van der Waals surface area contributed by atoms with Gasteiger partial charge in [-0.3, -0.25) is 4.79 Å². The number of nitrogens with zero attached hydrogens (tertiary/aromatic N) is 1. The second-order valence-corrected chi connectivity index (χ2v) is 6.48. The van der Waals surface area contributed by atoms with E-state index in [2.05, 4.69) is 12.1 Å². The summed E-state index contributed by atoms with van der Waals surface area (Å²) < 4.78 is 5.55. The topological polar surface area (TPSA) is 49.8 Å². The van der Waals surface area contributed by atoms with Gasteiger partial charge in [-0.1, -0.05) is 18.2 Å². The first-order chi connectivity index (χ1) is 10.2. The first kappa shape index (κ1) is 16.3. The number of carbonyl (C=O) groups excluding carboxylic acids is 1. The lowest BCUT2D eigenvalue weighted by Crippen LogP contribution is -2.50. The van der Waals surface area contributed by atoms with Gasteiger partial charge in [-0.05, 0) is 31.2 Å². The molecule has 1 aliphatic rings. The molecule has 2 unspecified atom stereocenters. The molecule has 0 radical (unpaired) electrons. The predicted molar refractivity (Wildman–Crippen MR) is 84.4 cm³/mol. The van der Waals surface area contributed by atoms with E-state index in [1.165, 1.54) is 4.90 Å². The van der Waals surface area contributed by atoms with Crippen molar-refractivity contribution in [2.75, 3.05) is 25.4 Å². The molecule has 1 aliphatic heterocycles. The molecule has 21 heavy (non-hydrogen) atoms. The van der Waals surface area contributed by atoms with Gasteiger partial charge in [0.2, 0.25) is 5.91 Å². The van der Waals surface area contributed by atoms with Gasteiger partial charge in [0.15, 0.2) is 0 Å². The zero-order valence-corrected chi connectivity index (χ0v) is 13.2. The van der Waals surface area contributed by atoms with E-state index >= 15 is 0 Å². The molecule has 0 spiro atoms. The molecule has 1 amide bonds. The van der Waals surface area contributed by atoms with Crippen LogP contribution in [0.1, 0.15) is 19.8 Å². The Labute approximate surface area is 130 Å². The quantitative estimate of drug-likeness (QED) is 0.646. The van der Waals surface area contributed by atoms with E-state index in [4.69, 9.17) is 4.74 Å². The molecular formula is C16H23NO3S. The molecule has 4 nitrogen and oxygen atoms in total. The predicted octanol–water partition coefficient (Wildman–Crippen LogP) is 2.17. The van der Waals surface area contributed by atoms with Crippen LogP contribution in [0.2, 0.25) is 0 Å². The normalized spacial score (nSPS) is 22.3. The Balaban J connectivity index is 1.69. The Hall–Kier alpha value is -1.04. The number of thioether (sulfide) groups is 1. The third-order valence-electron chi connectivity index (χ3n) is 3.43. The average molecular weight is 309 g/mol. The molecule has 1 N–H and O–H groups in total. The van der Waals surface area contributed by atoms with Gasteiger partial charge in [-0.15, -0.1) is 11.8 Å². The van der Waals surface area contributed by atoms with E-state index in [0.717, 1.165) is 12.2 Å². The Kier molecular flexibility index (Phi) is 6.54. The van der Waals surface area contributed by atoms with Crippen molar-refractivity contribution in [1.82, 2.24) is 4.90 Å². The maximum Gasteiger partial charge on any atom is 0.222 e. The molecule has 0 aliphatic carbocycles. The van der Waals surface area contributed by atoms with Crippen LogP contribution in [0.4, 0.5) is 0 Å².